The van der Waals surface area contributed by atoms with Gasteiger partial charge in [-0.05, 0) is 42.3 Å². The van der Waals surface area contributed by atoms with Gasteiger partial charge < -0.3 is 19.7 Å². The highest BCUT2D eigenvalue weighted by Crippen LogP contribution is 2.33. The van der Waals surface area contributed by atoms with Gasteiger partial charge in [0.1, 0.15) is 0 Å². The van der Waals surface area contributed by atoms with Crippen molar-refractivity contribution in [3.63, 3.8) is 0 Å². The van der Waals surface area contributed by atoms with Gasteiger partial charge in [0, 0.05) is 30.5 Å². The molecule has 0 atom stereocenters. The molecule has 2 aliphatic heterocycles. The minimum atomic E-state index is -0.154. The van der Waals surface area contributed by atoms with E-state index in [2.05, 4.69) is 23.3 Å². The molecule has 112 valence electrons. The number of benzene rings is 2. The van der Waals surface area contributed by atoms with E-state index in [-0.39, 0.29) is 12.7 Å². The molecule has 0 saturated carbocycles. The minimum absolute atomic E-state index is 0.154. The van der Waals surface area contributed by atoms with Crippen molar-refractivity contribution >= 4 is 17.3 Å². The Morgan fingerprint density at radius 2 is 2.00 bits per heavy atom. The Morgan fingerprint density at radius 3 is 2.91 bits per heavy atom. The zero-order valence-corrected chi connectivity index (χ0v) is 12.3. The maximum Gasteiger partial charge on any atom is 0.255 e. The van der Waals surface area contributed by atoms with E-state index >= 15 is 0 Å². The van der Waals surface area contributed by atoms with E-state index in [0.717, 1.165) is 18.7 Å². The average molecular weight is 296 g/mol. The average Bonchev–Trinajstić information content (AvgIpc) is 3.13. The number of nitrogens with zero attached hydrogens (tertiary/aromatic N) is 1. The molecule has 0 aliphatic carbocycles. The van der Waals surface area contributed by atoms with Crippen LogP contribution in [0.3, 0.4) is 0 Å². The quantitative estimate of drug-likeness (QED) is 0.925. The van der Waals surface area contributed by atoms with E-state index in [4.69, 9.17) is 9.47 Å². The van der Waals surface area contributed by atoms with Crippen LogP contribution in [-0.2, 0) is 6.42 Å². The lowest BCUT2D eigenvalue weighted by atomic mass is 10.1. The molecule has 0 fully saturated rings. The molecule has 4 rings (SSSR count). The van der Waals surface area contributed by atoms with Crippen LogP contribution in [0.1, 0.15) is 15.9 Å². The summed E-state index contributed by atoms with van der Waals surface area (Å²) < 4.78 is 10.6. The second kappa shape index (κ2) is 4.94. The monoisotopic (exact) mass is 296 g/mol. The fourth-order valence-corrected chi connectivity index (χ4v) is 2.86. The van der Waals surface area contributed by atoms with Gasteiger partial charge in [0.05, 0.1) is 0 Å². The predicted octanol–water partition coefficient (Wildman–Crippen LogP) is 2.66. The Hall–Kier alpha value is -2.69. The van der Waals surface area contributed by atoms with Gasteiger partial charge in [-0.1, -0.05) is 6.07 Å². The van der Waals surface area contributed by atoms with Gasteiger partial charge in [0.15, 0.2) is 11.5 Å². The summed E-state index contributed by atoms with van der Waals surface area (Å²) in [5.74, 6) is 1.14. The lowest BCUT2D eigenvalue weighted by Crippen LogP contribution is -2.14. The topological polar surface area (TPSA) is 50.8 Å². The molecule has 2 heterocycles. The molecule has 1 amide bonds. The summed E-state index contributed by atoms with van der Waals surface area (Å²) in [6.45, 7) is 1.23. The fraction of sp³-hybridized carbons (Fsp3) is 0.235. The van der Waals surface area contributed by atoms with Crippen LogP contribution >= 0.6 is 0 Å². The summed E-state index contributed by atoms with van der Waals surface area (Å²) in [5, 5.41) is 2.94. The van der Waals surface area contributed by atoms with Crippen LogP contribution in [0.25, 0.3) is 0 Å². The number of carbonyl (C=O) groups is 1. The summed E-state index contributed by atoms with van der Waals surface area (Å²) in [6.07, 6.45) is 1.06. The van der Waals surface area contributed by atoms with Crippen LogP contribution in [0, 0.1) is 0 Å². The summed E-state index contributed by atoms with van der Waals surface area (Å²) in [5.41, 5.74) is 3.86. The standard InChI is InChI=1S/C17H16N2O3/c1-19-7-6-11-2-4-13(9-14(11)19)18-17(20)12-3-5-15-16(8-12)22-10-21-15/h2-5,8-9H,6-7,10H2,1H3,(H,18,20). The molecular formula is C17H16N2O3. The molecule has 0 spiro atoms. The first kappa shape index (κ1) is 13.0. The Bertz CT molecular complexity index is 758. The van der Waals surface area contributed by atoms with Crippen molar-refractivity contribution in [3.8, 4) is 11.5 Å². The van der Waals surface area contributed by atoms with Crippen LogP contribution < -0.4 is 19.7 Å². The molecule has 0 radical (unpaired) electrons. The molecule has 5 nitrogen and oxygen atoms in total. The fourth-order valence-electron chi connectivity index (χ4n) is 2.86. The first-order valence-electron chi connectivity index (χ1n) is 7.26. The molecule has 0 aromatic heterocycles. The first-order valence-corrected chi connectivity index (χ1v) is 7.26. The molecule has 1 N–H and O–H groups in total. The largest absolute Gasteiger partial charge is 0.454 e. The number of fused-ring (bicyclic) bond motifs is 2. The molecule has 2 aliphatic rings. The van der Waals surface area contributed by atoms with E-state index in [9.17, 15) is 4.79 Å². The van der Waals surface area contributed by atoms with Crippen molar-refractivity contribution in [2.24, 2.45) is 0 Å². The second-order valence-corrected chi connectivity index (χ2v) is 5.54. The Kier molecular flexibility index (Phi) is 2.92. The van der Waals surface area contributed by atoms with Crippen molar-refractivity contribution in [1.29, 1.82) is 0 Å². The molecular weight excluding hydrogens is 280 g/mol. The normalized spacial score (nSPS) is 14.9. The van der Waals surface area contributed by atoms with Gasteiger partial charge >= 0.3 is 0 Å². The molecule has 0 saturated heterocycles. The van der Waals surface area contributed by atoms with Crippen LogP contribution in [0.5, 0.6) is 11.5 Å². The van der Waals surface area contributed by atoms with Crippen molar-refractivity contribution in [1.82, 2.24) is 0 Å². The summed E-state index contributed by atoms with van der Waals surface area (Å²) in [4.78, 5) is 14.6. The molecule has 2 aromatic carbocycles. The van der Waals surface area contributed by atoms with Crippen LogP contribution in [0.15, 0.2) is 36.4 Å². The molecule has 22 heavy (non-hydrogen) atoms. The maximum absolute atomic E-state index is 12.4. The molecule has 0 bridgehead atoms. The van der Waals surface area contributed by atoms with Crippen LogP contribution in [0.4, 0.5) is 11.4 Å². The number of carbonyl (C=O) groups excluding carboxylic acids is 1. The molecule has 2 aromatic rings. The number of hydrogen-bond acceptors (Lipinski definition) is 4. The smallest absolute Gasteiger partial charge is 0.255 e. The van der Waals surface area contributed by atoms with Crippen molar-refractivity contribution in [3.05, 3.63) is 47.5 Å². The van der Waals surface area contributed by atoms with E-state index in [1.807, 2.05) is 12.1 Å². The van der Waals surface area contributed by atoms with Crippen LogP contribution in [0.2, 0.25) is 0 Å². The van der Waals surface area contributed by atoms with Gasteiger partial charge in [0.2, 0.25) is 6.79 Å². The number of amides is 1. The zero-order valence-electron chi connectivity index (χ0n) is 12.3. The third kappa shape index (κ3) is 2.15. The van der Waals surface area contributed by atoms with Gasteiger partial charge in [-0.3, -0.25) is 4.79 Å². The van der Waals surface area contributed by atoms with Gasteiger partial charge in [-0.2, -0.15) is 0 Å². The second-order valence-electron chi connectivity index (χ2n) is 5.54. The van der Waals surface area contributed by atoms with E-state index in [1.54, 1.807) is 18.2 Å². The Labute approximate surface area is 128 Å². The number of hydrogen-bond donors (Lipinski definition) is 1. The number of ether oxygens (including phenoxy) is 2. The van der Waals surface area contributed by atoms with Crippen molar-refractivity contribution in [2.75, 3.05) is 30.6 Å². The highest BCUT2D eigenvalue weighted by molar-refractivity contribution is 6.05. The lowest BCUT2D eigenvalue weighted by molar-refractivity contribution is 0.102. The summed E-state index contributed by atoms with van der Waals surface area (Å²) in [6, 6.07) is 11.2. The van der Waals surface area contributed by atoms with Gasteiger partial charge in [-0.15, -0.1) is 0 Å². The Balaban J connectivity index is 1.56. The number of anilines is 2. The number of likely N-dealkylation sites (N-methyl/N-ethyl adjacent to an activating group) is 1. The highest BCUT2D eigenvalue weighted by Gasteiger charge is 2.18. The van der Waals surface area contributed by atoms with Gasteiger partial charge in [-0.25, -0.2) is 0 Å². The Morgan fingerprint density at radius 1 is 1.14 bits per heavy atom. The number of nitrogens with one attached hydrogen (secondary N) is 1. The lowest BCUT2D eigenvalue weighted by Gasteiger charge is -2.13. The zero-order chi connectivity index (χ0) is 15.1. The highest BCUT2D eigenvalue weighted by atomic mass is 16.7. The first-order chi connectivity index (χ1) is 10.7. The molecule has 0 unspecified atom stereocenters. The van der Waals surface area contributed by atoms with E-state index in [0.29, 0.717) is 17.1 Å². The van der Waals surface area contributed by atoms with E-state index in [1.165, 1.54) is 11.3 Å². The van der Waals surface area contributed by atoms with Crippen molar-refractivity contribution < 1.29 is 14.3 Å². The predicted molar refractivity (Wildman–Crippen MR) is 83.9 cm³/mol. The van der Waals surface area contributed by atoms with Crippen LogP contribution in [-0.4, -0.2) is 26.3 Å². The third-order valence-corrected chi connectivity index (χ3v) is 4.11. The SMILES string of the molecule is CN1CCc2ccc(NC(=O)c3ccc4c(c3)OCO4)cc21. The summed E-state index contributed by atoms with van der Waals surface area (Å²) >= 11 is 0. The molecule has 5 heteroatoms. The maximum atomic E-state index is 12.4. The third-order valence-electron chi connectivity index (χ3n) is 4.11. The summed E-state index contributed by atoms with van der Waals surface area (Å²) in [7, 11) is 2.06. The number of rotatable bonds is 2. The van der Waals surface area contributed by atoms with Crippen molar-refractivity contribution in [2.45, 2.75) is 6.42 Å². The van der Waals surface area contributed by atoms with E-state index < -0.39 is 0 Å². The minimum Gasteiger partial charge on any atom is -0.454 e. The van der Waals surface area contributed by atoms with Gasteiger partial charge in [0.25, 0.3) is 5.91 Å².